The molecule has 3 nitrogen and oxygen atoms in total. The van der Waals surface area contributed by atoms with E-state index in [1.54, 1.807) is 11.3 Å². The third kappa shape index (κ3) is 4.48. The number of carbonyl (C=O) groups excluding carboxylic acids is 1. The third-order valence-corrected chi connectivity index (χ3v) is 3.79. The van der Waals surface area contributed by atoms with Crippen LogP contribution in [-0.4, -0.2) is 12.5 Å². The highest BCUT2D eigenvalue weighted by Gasteiger charge is 2.20. The van der Waals surface area contributed by atoms with Gasteiger partial charge in [0.2, 0.25) is 5.91 Å². The summed E-state index contributed by atoms with van der Waals surface area (Å²) < 4.78 is 0. The molecular weight excluding hydrogens is 232 g/mol. The van der Waals surface area contributed by atoms with Crippen LogP contribution in [0.3, 0.4) is 0 Å². The van der Waals surface area contributed by atoms with E-state index in [2.05, 4.69) is 19.2 Å². The quantitative estimate of drug-likeness (QED) is 0.819. The van der Waals surface area contributed by atoms with Crippen LogP contribution < -0.4 is 11.1 Å². The Labute approximate surface area is 107 Å². The molecule has 1 aromatic heterocycles. The molecule has 0 radical (unpaired) electrons. The predicted molar refractivity (Wildman–Crippen MR) is 72.9 cm³/mol. The molecule has 0 fully saturated rings. The first-order valence-corrected chi connectivity index (χ1v) is 6.96. The molecule has 1 heterocycles. The molecule has 0 aliphatic rings. The summed E-state index contributed by atoms with van der Waals surface area (Å²) in [6.45, 7) is 6.64. The average molecular weight is 254 g/mol. The Hall–Kier alpha value is -0.870. The number of hydrogen-bond donors (Lipinski definition) is 2. The molecule has 0 saturated carbocycles. The maximum atomic E-state index is 12.0. The molecule has 4 heteroatoms. The van der Waals surface area contributed by atoms with Crippen molar-refractivity contribution in [2.45, 2.75) is 33.2 Å². The van der Waals surface area contributed by atoms with E-state index in [1.165, 1.54) is 4.88 Å². The number of thiophene rings is 1. The molecule has 0 aliphatic carbocycles. The van der Waals surface area contributed by atoms with Crippen molar-refractivity contribution in [3.8, 4) is 0 Å². The van der Waals surface area contributed by atoms with Crippen LogP contribution in [0, 0.1) is 11.8 Å². The fourth-order valence-corrected chi connectivity index (χ4v) is 2.55. The van der Waals surface area contributed by atoms with Crippen molar-refractivity contribution < 1.29 is 4.79 Å². The van der Waals surface area contributed by atoms with Crippen LogP contribution >= 0.6 is 11.3 Å². The minimum Gasteiger partial charge on any atom is -0.348 e. The maximum absolute atomic E-state index is 12.0. The van der Waals surface area contributed by atoms with Gasteiger partial charge in [0.25, 0.3) is 0 Å². The van der Waals surface area contributed by atoms with Gasteiger partial charge >= 0.3 is 0 Å². The lowest BCUT2D eigenvalue weighted by Crippen LogP contribution is -2.37. The van der Waals surface area contributed by atoms with Crippen molar-refractivity contribution in [2.24, 2.45) is 17.6 Å². The van der Waals surface area contributed by atoms with E-state index in [0.717, 1.165) is 6.42 Å². The number of nitrogens with one attached hydrogen (secondary N) is 1. The molecule has 96 valence electrons. The number of carbonyl (C=O) groups is 1. The monoisotopic (exact) mass is 254 g/mol. The number of nitrogens with two attached hydrogens (primary N) is 1. The van der Waals surface area contributed by atoms with Gasteiger partial charge in [-0.25, -0.2) is 0 Å². The van der Waals surface area contributed by atoms with Crippen LogP contribution in [0.5, 0.6) is 0 Å². The van der Waals surface area contributed by atoms with Gasteiger partial charge in [0.15, 0.2) is 0 Å². The zero-order valence-corrected chi connectivity index (χ0v) is 11.6. The van der Waals surface area contributed by atoms with E-state index in [0.29, 0.717) is 12.5 Å². The summed E-state index contributed by atoms with van der Waals surface area (Å²) in [7, 11) is 0. The fraction of sp³-hybridized carbons (Fsp3) is 0.615. The summed E-state index contributed by atoms with van der Waals surface area (Å²) in [4.78, 5) is 13.2. The molecule has 2 unspecified atom stereocenters. The summed E-state index contributed by atoms with van der Waals surface area (Å²) in [5, 5.41) is 5.05. The van der Waals surface area contributed by atoms with Crippen molar-refractivity contribution in [1.29, 1.82) is 0 Å². The minimum absolute atomic E-state index is 0.0714. The predicted octanol–water partition coefficient (Wildman–Crippen LogP) is 2.55. The van der Waals surface area contributed by atoms with Gasteiger partial charge in [-0.1, -0.05) is 19.9 Å². The Balaban J connectivity index is 2.52. The summed E-state index contributed by atoms with van der Waals surface area (Å²) in [6, 6.07) is 4.11. The standard InChI is InChI=1S/C13H22N2OS/c1-9(2)7-11(8-14)13(16)15-10(3)12-5-4-6-17-12/h4-6,9-11H,7-8,14H2,1-3H3,(H,15,16). The SMILES string of the molecule is CC(C)CC(CN)C(=O)NC(C)c1cccs1. The van der Waals surface area contributed by atoms with Crippen molar-refractivity contribution >= 4 is 17.2 Å². The molecule has 0 aromatic carbocycles. The summed E-state index contributed by atoms with van der Waals surface area (Å²) >= 11 is 1.66. The first kappa shape index (κ1) is 14.2. The van der Waals surface area contributed by atoms with Gasteiger partial charge in [-0.05, 0) is 30.7 Å². The molecule has 2 atom stereocenters. The zero-order chi connectivity index (χ0) is 12.8. The normalized spacial score (nSPS) is 14.6. The summed E-state index contributed by atoms with van der Waals surface area (Å²) in [5.41, 5.74) is 5.66. The van der Waals surface area contributed by atoms with E-state index < -0.39 is 0 Å². The highest BCUT2D eigenvalue weighted by Crippen LogP contribution is 2.19. The average Bonchev–Trinajstić information content (AvgIpc) is 2.78. The third-order valence-electron chi connectivity index (χ3n) is 2.74. The Kier molecular flexibility index (Phi) is 5.65. The van der Waals surface area contributed by atoms with Crippen LogP contribution in [0.25, 0.3) is 0 Å². The summed E-state index contributed by atoms with van der Waals surface area (Å²) in [6.07, 6.45) is 0.847. The molecule has 0 bridgehead atoms. The molecule has 3 N–H and O–H groups in total. The molecule has 0 aliphatic heterocycles. The van der Waals surface area contributed by atoms with Crippen molar-refractivity contribution in [1.82, 2.24) is 5.32 Å². The molecule has 0 spiro atoms. The highest BCUT2D eigenvalue weighted by atomic mass is 32.1. The molecule has 1 rings (SSSR count). The van der Waals surface area contributed by atoms with E-state index in [1.807, 2.05) is 24.4 Å². The second kappa shape index (κ2) is 6.77. The van der Waals surface area contributed by atoms with Gasteiger partial charge in [0, 0.05) is 11.4 Å². The topological polar surface area (TPSA) is 55.1 Å². The lowest BCUT2D eigenvalue weighted by molar-refractivity contribution is -0.125. The van der Waals surface area contributed by atoms with Gasteiger partial charge in [0.05, 0.1) is 12.0 Å². The Morgan fingerprint density at radius 3 is 2.65 bits per heavy atom. The maximum Gasteiger partial charge on any atom is 0.224 e. The molecular formula is C13H22N2OS. The number of hydrogen-bond acceptors (Lipinski definition) is 3. The Morgan fingerprint density at radius 1 is 1.47 bits per heavy atom. The molecule has 0 saturated heterocycles. The van der Waals surface area contributed by atoms with Crippen LogP contribution in [0.15, 0.2) is 17.5 Å². The van der Waals surface area contributed by atoms with Crippen LogP contribution in [0.4, 0.5) is 0 Å². The first-order chi connectivity index (χ1) is 8.04. The van der Waals surface area contributed by atoms with Crippen molar-refractivity contribution in [3.63, 3.8) is 0 Å². The first-order valence-electron chi connectivity index (χ1n) is 6.08. The van der Waals surface area contributed by atoms with E-state index in [9.17, 15) is 4.79 Å². The lowest BCUT2D eigenvalue weighted by Gasteiger charge is -2.19. The molecule has 1 amide bonds. The number of amides is 1. The van der Waals surface area contributed by atoms with Crippen molar-refractivity contribution in [2.75, 3.05) is 6.54 Å². The van der Waals surface area contributed by atoms with Gasteiger partial charge in [0.1, 0.15) is 0 Å². The second-order valence-corrected chi connectivity index (χ2v) is 5.79. The Morgan fingerprint density at radius 2 is 2.18 bits per heavy atom. The second-order valence-electron chi connectivity index (χ2n) is 4.81. The van der Waals surface area contributed by atoms with Crippen LogP contribution in [0.2, 0.25) is 0 Å². The smallest absolute Gasteiger partial charge is 0.224 e. The van der Waals surface area contributed by atoms with E-state index >= 15 is 0 Å². The number of rotatable bonds is 6. The molecule has 17 heavy (non-hydrogen) atoms. The van der Waals surface area contributed by atoms with Gasteiger partial charge in [-0.15, -0.1) is 11.3 Å². The van der Waals surface area contributed by atoms with Crippen LogP contribution in [-0.2, 0) is 4.79 Å². The Bertz CT molecular complexity index is 335. The van der Waals surface area contributed by atoms with E-state index in [4.69, 9.17) is 5.73 Å². The van der Waals surface area contributed by atoms with Gasteiger partial charge in [-0.3, -0.25) is 4.79 Å². The lowest BCUT2D eigenvalue weighted by atomic mass is 9.96. The minimum atomic E-state index is -0.0718. The largest absolute Gasteiger partial charge is 0.348 e. The highest BCUT2D eigenvalue weighted by molar-refractivity contribution is 7.10. The van der Waals surface area contributed by atoms with Crippen molar-refractivity contribution in [3.05, 3.63) is 22.4 Å². The fourth-order valence-electron chi connectivity index (χ4n) is 1.82. The van der Waals surface area contributed by atoms with Crippen LogP contribution in [0.1, 0.15) is 38.1 Å². The summed E-state index contributed by atoms with van der Waals surface area (Å²) in [5.74, 6) is 0.492. The van der Waals surface area contributed by atoms with Gasteiger partial charge < -0.3 is 11.1 Å². The zero-order valence-electron chi connectivity index (χ0n) is 10.8. The van der Waals surface area contributed by atoms with E-state index in [-0.39, 0.29) is 17.9 Å². The molecule has 1 aromatic rings. The van der Waals surface area contributed by atoms with Gasteiger partial charge in [-0.2, -0.15) is 0 Å².